The standard InChI is InChI=1S/C29H39NO7/c1-17-11-22(32)21(24-14-23(33)27(36)29(37-24)15-25(29)34)13-20(17)12-19-9-7-18(8-10-19)5-4-6-26(35)30-28(2,3)16-31/h7-11,13,23-25,27,31-34,36H,4-6,12,14-16H2,1-3H3,(H,30,35)/t23-,24-,25+,27+,29?/m1/s1. The fraction of sp³-hybridized carbons (Fsp3) is 0.552. The molecule has 0 bridgehead atoms. The van der Waals surface area contributed by atoms with Gasteiger partial charge in [0.2, 0.25) is 5.91 Å². The summed E-state index contributed by atoms with van der Waals surface area (Å²) >= 11 is 0. The zero-order valence-electron chi connectivity index (χ0n) is 21.8. The number of phenolic OH excluding ortho intramolecular Hbond substituents is 1. The molecule has 0 aromatic heterocycles. The summed E-state index contributed by atoms with van der Waals surface area (Å²) in [6, 6.07) is 11.8. The van der Waals surface area contributed by atoms with E-state index in [0.29, 0.717) is 24.8 Å². The van der Waals surface area contributed by atoms with Crippen LogP contribution in [0.1, 0.15) is 73.5 Å². The number of phenols is 1. The van der Waals surface area contributed by atoms with E-state index < -0.39 is 35.6 Å². The summed E-state index contributed by atoms with van der Waals surface area (Å²) in [4.78, 5) is 12.1. The van der Waals surface area contributed by atoms with Gasteiger partial charge in [-0.25, -0.2) is 0 Å². The zero-order valence-corrected chi connectivity index (χ0v) is 21.8. The first kappa shape index (κ1) is 27.5. The summed E-state index contributed by atoms with van der Waals surface area (Å²) in [5.74, 6) is 0.00209. The highest BCUT2D eigenvalue weighted by Gasteiger charge is 2.65. The van der Waals surface area contributed by atoms with Gasteiger partial charge in [0, 0.05) is 24.8 Å². The first-order chi connectivity index (χ1) is 17.4. The van der Waals surface area contributed by atoms with E-state index in [1.807, 2.05) is 13.0 Å². The van der Waals surface area contributed by atoms with Crippen molar-refractivity contribution in [3.05, 3.63) is 64.2 Å². The SMILES string of the molecule is Cc1cc(O)c([C@H]2C[C@@H](O)[C@H](O)C3(C[C@@H]3O)O2)cc1Cc1ccc(CCCC(=O)NC(C)(C)CO)cc1. The molecule has 37 heavy (non-hydrogen) atoms. The van der Waals surface area contributed by atoms with Crippen LogP contribution in [0.4, 0.5) is 0 Å². The van der Waals surface area contributed by atoms with Crippen molar-refractivity contribution in [3.63, 3.8) is 0 Å². The van der Waals surface area contributed by atoms with Crippen LogP contribution in [0, 0.1) is 6.92 Å². The van der Waals surface area contributed by atoms with Crippen LogP contribution in [-0.2, 0) is 22.4 Å². The quantitative estimate of drug-likeness (QED) is 0.302. The molecule has 2 aromatic rings. The number of carbonyl (C=O) groups excluding carboxylic acids is 1. The van der Waals surface area contributed by atoms with E-state index in [2.05, 4.69) is 29.6 Å². The number of carbonyl (C=O) groups is 1. The Morgan fingerprint density at radius 3 is 2.41 bits per heavy atom. The zero-order chi connectivity index (χ0) is 27.0. The fourth-order valence-electron chi connectivity index (χ4n) is 5.12. The Labute approximate surface area is 217 Å². The molecule has 2 aromatic carbocycles. The van der Waals surface area contributed by atoms with E-state index in [4.69, 9.17) is 4.74 Å². The first-order valence-electron chi connectivity index (χ1n) is 13.0. The molecule has 8 nitrogen and oxygen atoms in total. The number of aliphatic hydroxyl groups is 4. The maximum atomic E-state index is 12.1. The Hall–Kier alpha value is -2.49. The van der Waals surface area contributed by atoms with Crippen molar-refractivity contribution in [1.29, 1.82) is 0 Å². The van der Waals surface area contributed by atoms with Crippen molar-refractivity contribution < 1.29 is 35.1 Å². The number of benzene rings is 2. The molecule has 1 heterocycles. The van der Waals surface area contributed by atoms with Gasteiger partial charge < -0.3 is 35.6 Å². The van der Waals surface area contributed by atoms with Gasteiger partial charge in [0.15, 0.2) is 0 Å². The average Bonchev–Trinajstić information content (AvgIpc) is 3.48. The third-order valence-corrected chi connectivity index (χ3v) is 7.59. The Bertz CT molecular complexity index is 1120. The molecule has 2 fully saturated rings. The molecule has 8 heteroatoms. The number of amides is 1. The van der Waals surface area contributed by atoms with Gasteiger partial charge in [0.1, 0.15) is 17.5 Å². The Kier molecular flexibility index (Phi) is 7.97. The summed E-state index contributed by atoms with van der Waals surface area (Å²) in [5.41, 5.74) is 2.95. The van der Waals surface area contributed by atoms with Crippen LogP contribution in [0.5, 0.6) is 5.75 Å². The molecular weight excluding hydrogens is 474 g/mol. The highest BCUT2D eigenvalue weighted by Crippen LogP contribution is 2.52. The summed E-state index contributed by atoms with van der Waals surface area (Å²) in [5, 5.41) is 53.5. The molecule has 1 unspecified atom stereocenters. The second-order valence-corrected chi connectivity index (χ2v) is 11.3. The Morgan fingerprint density at radius 1 is 1.14 bits per heavy atom. The lowest BCUT2D eigenvalue weighted by Crippen LogP contribution is -2.49. The van der Waals surface area contributed by atoms with Crippen LogP contribution in [0.2, 0.25) is 0 Å². The van der Waals surface area contributed by atoms with Crippen LogP contribution >= 0.6 is 0 Å². The number of aryl methyl sites for hydroxylation is 2. The third kappa shape index (κ3) is 6.16. The van der Waals surface area contributed by atoms with Gasteiger partial charge in [-0.05, 0) is 74.4 Å². The van der Waals surface area contributed by atoms with Gasteiger partial charge in [-0.2, -0.15) is 0 Å². The first-order valence-corrected chi connectivity index (χ1v) is 13.0. The maximum Gasteiger partial charge on any atom is 0.220 e. The highest BCUT2D eigenvalue weighted by atomic mass is 16.6. The molecule has 1 saturated heterocycles. The maximum absolute atomic E-state index is 12.1. The fourth-order valence-corrected chi connectivity index (χ4v) is 5.12. The number of rotatable bonds is 9. The van der Waals surface area contributed by atoms with Gasteiger partial charge in [0.25, 0.3) is 0 Å². The number of hydrogen-bond acceptors (Lipinski definition) is 7. The largest absolute Gasteiger partial charge is 0.508 e. The molecule has 2 aliphatic rings. The van der Waals surface area contributed by atoms with Crippen LogP contribution in [0.15, 0.2) is 36.4 Å². The van der Waals surface area contributed by atoms with E-state index >= 15 is 0 Å². The average molecular weight is 514 g/mol. The van der Waals surface area contributed by atoms with E-state index in [9.17, 15) is 30.3 Å². The molecule has 5 atom stereocenters. The second-order valence-electron chi connectivity index (χ2n) is 11.3. The lowest BCUT2D eigenvalue weighted by Gasteiger charge is -2.38. The van der Waals surface area contributed by atoms with E-state index in [0.717, 1.165) is 28.7 Å². The number of ether oxygens (including phenoxy) is 1. The number of nitrogens with one attached hydrogen (secondary N) is 1. The molecule has 1 aliphatic carbocycles. The van der Waals surface area contributed by atoms with Crippen molar-refractivity contribution >= 4 is 5.91 Å². The molecule has 1 aliphatic heterocycles. The molecule has 0 radical (unpaired) electrons. The molecule has 1 amide bonds. The minimum Gasteiger partial charge on any atom is -0.508 e. The predicted octanol–water partition coefficient (Wildman–Crippen LogP) is 2.19. The molecule has 6 N–H and O–H groups in total. The summed E-state index contributed by atoms with van der Waals surface area (Å²) in [6.07, 6.45) is -0.718. The van der Waals surface area contributed by atoms with Crippen LogP contribution in [0.25, 0.3) is 0 Å². The minimum atomic E-state index is -1.16. The van der Waals surface area contributed by atoms with Gasteiger partial charge in [-0.15, -0.1) is 0 Å². The van der Waals surface area contributed by atoms with Crippen LogP contribution < -0.4 is 5.32 Å². The van der Waals surface area contributed by atoms with Crippen molar-refractivity contribution in [3.8, 4) is 5.75 Å². The Morgan fingerprint density at radius 2 is 1.78 bits per heavy atom. The molecule has 1 saturated carbocycles. The number of hydrogen-bond donors (Lipinski definition) is 6. The molecule has 4 rings (SSSR count). The van der Waals surface area contributed by atoms with Crippen molar-refractivity contribution in [2.45, 2.75) is 94.9 Å². The summed E-state index contributed by atoms with van der Waals surface area (Å²) < 4.78 is 6.03. The molecular formula is C29H39NO7. The van der Waals surface area contributed by atoms with Crippen molar-refractivity contribution in [1.82, 2.24) is 5.32 Å². The summed E-state index contributed by atoms with van der Waals surface area (Å²) in [7, 11) is 0. The number of aromatic hydroxyl groups is 1. The second kappa shape index (κ2) is 10.7. The van der Waals surface area contributed by atoms with Gasteiger partial charge in [0.05, 0.1) is 30.5 Å². The van der Waals surface area contributed by atoms with Gasteiger partial charge >= 0.3 is 0 Å². The monoisotopic (exact) mass is 513 g/mol. The van der Waals surface area contributed by atoms with E-state index in [1.54, 1.807) is 19.9 Å². The van der Waals surface area contributed by atoms with E-state index in [-0.39, 0.29) is 31.1 Å². The smallest absolute Gasteiger partial charge is 0.220 e. The lowest BCUT2D eigenvalue weighted by molar-refractivity contribution is -0.196. The van der Waals surface area contributed by atoms with Gasteiger partial charge in [-0.1, -0.05) is 24.3 Å². The van der Waals surface area contributed by atoms with Crippen molar-refractivity contribution in [2.24, 2.45) is 0 Å². The van der Waals surface area contributed by atoms with E-state index in [1.165, 1.54) is 0 Å². The Balaban J connectivity index is 1.38. The third-order valence-electron chi connectivity index (χ3n) is 7.59. The molecule has 202 valence electrons. The lowest BCUT2D eigenvalue weighted by atomic mass is 9.89. The van der Waals surface area contributed by atoms with Crippen LogP contribution in [0.3, 0.4) is 0 Å². The highest BCUT2D eigenvalue weighted by molar-refractivity contribution is 5.76. The predicted molar refractivity (Wildman–Crippen MR) is 138 cm³/mol. The van der Waals surface area contributed by atoms with Crippen LogP contribution in [-0.4, -0.2) is 67.5 Å². The summed E-state index contributed by atoms with van der Waals surface area (Å²) in [6.45, 7) is 5.40. The van der Waals surface area contributed by atoms with Gasteiger partial charge in [-0.3, -0.25) is 4.79 Å². The van der Waals surface area contributed by atoms with Crippen molar-refractivity contribution in [2.75, 3.05) is 6.61 Å². The number of aliphatic hydroxyl groups excluding tert-OH is 4. The topological polar surface area (TPSA) is 139 Å². The normalized spacial score (nSPS) is 27.3. The minimum absolute atomic E-state index is 0.0691. The molecule has 1 spiro atoms.